The van der Waals surface area contributed by atoms with E-state index in [1.54, 1.807) is 0 Å². The number of phenolic OH excluding ortho intramolecular Hbond substituents is 1. The average molecular weight is 1070 g/mol. The molecule has 4 aromatic rings. The van der Waals surface area contributed by atoms with Crippen LogP contribution in [-0.2, 0) is 67.3 Å². The molecule has 4 aromatic carbocycles. The quantitative estimate of drug-likeness (QED) is 0.00849. The third-order valence-electron chi connectivity index (χ3n) is 7.69. The molecule has 0 atom stereocenters. The van der Waals surface area contributed by atoms with Gasteiger partial charge in [0.15, 0.2) is 37.7 Å². The summed E-state index contributed by atoms with van der Waals surface area (Å²) in [4.78, 5) is -2.09. The number of fused-ring (bicyclic) bond motifs is 1. The predicted octanol–water partition coefficient (Wildman–Crippen LogP) is -9.74. The van der Waals surface area contributed by atoms with E-state index in [0.717, 1.165) is 37.4 Å². The van der Waals surface area contributed by atoms with Gasteiger partial charge in [0.05, 0.1) is 81.6 Å². The first-order chi connectivity index (χ1) is 28.6. The van der Waals surface area contributed by atoms with Crippen LogP contribution in [0, 0.1) is 6.92 Å². The number of hydrogen-bond acceptors (Lipinski definition) is 28. The molecule has 0 radical (unpaired) electrons. The first-order valence-electron chi connectivity index (χ1n) is 15.8. The van der Waals surface area contributed by atoms with E-state index in [4.69, 9.17) is 19.4 Å². The van der Waals surface area contributed by atoms with E-state index in [0.29, 0.717) is 0 Å². The van der Waals surface area contributed by atoms with Crippen LogP contribution in [0.5, 0.6) is 17.2 Å². The summed E-state index contributed by atoms with van der Waals surface area (Å²) in [6.07, 6.45) is 0. The van der Waals surface area contributed by atoms with Gasteiger partial charge < -0.3 is 39.9 Å². The molecule has 0 amide bonds. The van der Waals surface area contributed by atoms with Gasteiger partial charge >= 0.3 is 118 Å². The second-order valence-corrected chi connectivity index (χ2v) is 19.2. The second kappa shape index (κ2) is 28.5. The Bertz CT molecular complexity index is 2810. The Morgan fingerprint density at radius 1 is 0.708 bits per heavy atom. The Hall–Kier alpha value is -0.360. The Labute approximate surface area is 467 Å². The minimum Gasteiger partial charge on any atom is -0.744 e. The van der Waals surface area contributed by atoms with Gasteiger partial charge in [-0.2, -0.15) is 4.33 Å². The van der Waals surface area contributed by atoms with Crippen LogP contribution in [-0.4, -0.2) is 86.8 Å². The van der Waals surface area contributed by atoms with Gasteiger partial charge in [0, 0.05) is 6.07 Å². The molecule has 0 aliphatic heterocycles. The van der Waals surface area contributed by atoms with E-state index < -0.39 is 103 Å². The van der Waals surface area contributed by atoms with Crippen molar-refractivity contribution in [3.63, 3.8) is 0 Å². The number of aryl methyl sites for hydroxylation is 1. The molecule has 0 aliphatic carbocycles. The van der Waals surface area contributed by atoms with Crippen molar-refractivity contribution in [2.75, 3.05) is 44.7 Å². The van der Waals surface area contributed by atoms with Crippen molar-refractivity contribution in [2.45, 2.75) is 26.5 Å². The standard InChI is InChI=1S/C29H31N5O21S6.4Na/c1-15-10-18(21(49-3)14-23(15)59(40,41)9-7-51-61(45,46)47)31-34-28-24(60(42,43)44)12-16-11-22(56-54-52-36)27(29(35)25(16)26(28)30)33-32-19-13-17(4-5-20(19)48-2)58(38,39)8-6-50-57-55-53-37;;;;/h4-5,10-14,35-37H,6-9,30H2,1-3H3,(H,42,43,44)(H,45,46,47);;;;/q;4*+1/p-4. The van der Waals surface area contributed by atoms with Crippen molar-refractivity contribution in [1.82, 2.24) is 0 Å². The smallest absolute Gasteiger partial charge is 0.744 e. The fourth-order valence-corrected chi connectivity index (χ4v) is 9.41. The van der Waals surface area contributed by atoms with Gasteiger partial charge in [0.25, 0.3) is 0 Å². The first-order valence-corrected chi connectivity index (χ1v) is 23.3. The van der Waals surface area contributed by atoms with Crippen molar-refractivity contribution < 1.29 is 213 Å². The number of anilines is 1. The second-order valence-electron chi connectivity index (χ2n) is 11.4. The Balaban J connectivity index is 0.0000102. The summed E-state index contributed by atoms with van der Waals surface area (Å²) in [6.45, 7) is -0.152. The Morgan fingerprint density at radius 2 is 1.29 bits per heavy atom. The molecule has 3 N–H and O–H groups in total. The molecule has 4 rings (SSSR count). The minimum absolute atomic E-state index is 0. The van der Waals surface area contributed by atoms with Crippen LogP contribution in [0.4, 0.5) is 28.4 Å². The van der Waals surface area contributed by atoms with Crippen molar-refractivity contribution in [3.8, 4) is 17.2 Å². The third kappa shape index (κ3) is 17.8. The molecular formula is C29H27N5Na4O21S6. The number of ether oxygens (including phenoxy) is 2. The molecule has 65 heavy (non-hydrogen) atoms. The Morgan fingerprint density at radius 3 is 1.86 bits per heavy atom. The molecule has 0 bridgehead atoms. The van der Waals surface area contributed by atoms with Crippen LogP contribution in [0.3, 0.4) is 0 Å². The van der Waals surface area contributed by atoms with E-state index in [2.05, 4.69) is 43.4 Å². The SMILES string of the molecule is COc1cc(S(=O)(=O)CCOS(=O)(=O)[O-])c(C)cc1N=Nc1c(S(=O)(=O)[O-])cc2cc(SOO[O-])c(N=Nc3cc(S(=O)(=O)CCOSOO[O-])ccc3OC)c(O)c2c1N.[Na+].[Na+].[Na+].[Na+]. The largest absolute Gasteiger partial charge is 1.00 e. The van der Waals surface area contributed by atoms with Gasteiger partial charge in [-0.3, -0.25) is 18.4 Å². The first kappa shape index (κ1) is 64.6. The predicted molar refractivity (Wildman–Crippen MR) is 201 cm³/mol. The van der Waals surface area contributed by atoms with Gasteiger partial charge in [-0.15, -0.1) is 24.8 Å². The number of methoxy groups -OCH3 is 2. The summed E-state index contributed by atoms with van der Waals surface area (Å²) >= 11 is 0.237. The average Bonchev–Trinajstić information content (AvgIpc) is 3.17. The molecule has 0 spiro atoms. The minimum atomic E-state index is -5.46. The molecule has 0 heterocycles. The van der Waals surface area contributed by atoms with E-state index in [9.17, 15) is 58.4 Å². The summed E-state index contributed by atoms with van der Waals surface area (Å²) in [6, 6.07) is 7.31. The van der Waals surface area contributed by atoms with E-state index in [-0.39, 0.29) is 186 Å². The maximum atomic E-state index is 12.9. The zero-order valence-corrected chi connectivity index (χ0v) is 47.7. The van der Waals surface area contributed by atoms with Crippen LogP contribution in [0.25, 0.3) is 10.8 Å². The van der Waals surface area contributed by atoms with Crippen molar-refractivity contribution >= 4 is 104 Å². The Kier molecular flexibility index (Phi) is 28.3. The van der Waals surface area contributed by atoms with E-state index >= 15 is 0 Å². The molecule has 0 aromatic heterocycles. The molecule has 334 valence electrons. The summed E-state index contributed by atoms with van der Waals surface area (Å²) in [5.74, 6) is -2.75. The topological polar surface area (TPSA) is 398 Å². The zero-order valence-electron chi connectivity index (χ0n) is 34.8. The van der Waals surface area contributed by atoms with Crippen LogP contribution in [0.2, 0.25) is 0 Å². The van der Waals surface area contributed by atoms with Gasteiger partial charge in [0.1, 0.15) is 44.4 Å². The maximum Gasteiger partial charge on any atom is 1.00 e. The van der Waals surface area contributed by atoms with Crippen molar-refractivity contribution in [2.24, 2.45) is 20.5 Å². The number of nitrogen functional groups attached to an aromatic ring is 1. The number of hydrogen-bond donors (Lipinski definition) is 2. The molecular weight excluding hydrogens is 1040 g/mol. The van der Waals surface area contributed by atoms with Gasteiger partial charge in [0.2, 0.25) is 10.4 Å². The number of sulfone groups is 2. The zero-order chi connectivity index (χ0) is 45.3. The third-order valence-corrected chi connectivity index (χ3v) is 13.5. The number of azo groups is 2. The molecule has 36 heteroatoms. The fourth-order valence-electron chi connectivity index (χ4n) is 5.08. The number of benzene rings is 4. The summed E-state index contributed by atoms with van der Waals surface area (Å²) in [5, 5.41) is 53.7. The normalized spacial score (nSPS) is 12.0. The number of rotatable bonds is 22. The van der Waals surface area contributed by atoms with E-state index in [1.165, 1.54) is 26.2 Å². The van der Waals surface area contributed by atoms with Gasteiger partial charge in [-0.25, -0.2) is 33.7 Å². The van der Waals surface area contributed by atoms with Crippen LogP contribution >= 0.6 is 24.4 Å². The summed E-state index contributed by atoms with van der Waals surface area (Å²) < 4.78 is 149. The summed E-state index contributed by atoms with van der Waals surface area (Å²) in [7, 11) is -16.7. The fraction of sp³-hybridized carbons (Fsp3) is 0.241. The summed E-state index contributed by atoms with van der Waals surface area (Å²) in [5.41, 5.74) is 3.76. The van der Waals surface area contributed by atoms with Crippen LogP contribution < -0.4 is 144 Å². The van der Waals surface area contributed by atoms with Crippen LogP contribution in [0.1, 0.15) is 5.56 Å². The molecule has 0 saturated carbocycles. The van der Waals surface area contributed by atoms with Crippen LogP contribution in [0.15, 0.2) is 82.5 Å². The molecule has 26 nitrogen and oxygen atoms in total. The molecule has 0 aliphatic rings. The monoisotopic (exact) mass is 1060 g/mol. The number of phenols is 1. The molecule has 0 unspecified atom stereocenters. The van der Waals surface area contributed by atoms with E-state index in [1.807, 2.05) is 0 Å². The maximum absolute atomic E-state index is 12.9. The van der Waals surface area contributed by atoms with Crippen molar-refractivity contribution in [3.05, 3.63) is 48.0 Å². The number of aromatic hydroxyl groups is 1. The van der Waals surface area contributed by atoms with Gasteiger partial charge in [-0.1, -0.05) is 0 Å². The van der Waals surface area contributed by atoms with Crippen molar-refractivity contribution in [1.29, 1.82) is 0 Å². The molecule has 0 fully saturated rings. The number of nitrogens with zero attached hydrogens (tertiary/aromatic N) is 4. The molecule has 0 saturated heterocycles. The van der Waals surface area contributed by atoms with Gasteiger partial charge in [-0.05, 0) is 54.3 Å². The number of nitrogens with two attached hydrogens (primary N) is 1.